The maximum atomic E-state index is 12.3. The molecule has 23 heavy (non-hydrogen) atoms. The fraction of sp³-hybridized carbons (Fsp3) is 0.188. The average Bonchev–Trinajstić information content (AvgIpc) is 2.55. The summed E-state index contributed by atoms with van der Waals surface area (Å²) in [6.07, 6.45) is 0. The van der Waals surface area contributed by atoms with E-state index >= 15 is 0 Å². The van der Waals surface area contributed by atoms with Crippen LogP contribution < -0.4 is 20.8 Å². The van der Waals surface area contributed by atoms with Crippen LogP contribution in [0, 0.1) is 11.3 Å². The lowest BCUT2D eigenvalue weighted by Crippen LogP contribution is -2.30. The Labute approximate surface area is 132 Å². The molecule has 118 valence electrons. The molecular formula is C16H15N3O4. The Morgan fingerprint density at radius 2 is 1.91 bits per heavy atom. The van der Waals surface area contributed by atoms with Crippen molar-refractivity contribution in [1.82, 2.24) is 4.57 Å². The zero-order valence-corrected chi connectivity index (χ0v) is 12.7. The van der Waals surface area contributed by atoms with Gasteiger partial charge in [0.1, 0.15) is 18.2 Å². The molecule has 2 rings (SSSR count). The summed E-state index contributed by atoms with van der Waals surface area (Å²) < 4.78 is 11.6. The van der Waals surface area contributed by atoms with Crippen molar-refractivity contribution in [3.05, 3.63) is 46.2 Å². The molecule has 0 saturated carbocycles. The number of primary amides is 1. The normalized spacial score (nSPS) is 9.96. The van der Waals surface area contributed by atoms with Crippen LogP contribution in [0.1, 0.15) is 5.56 Å². The van der Waals surface area contributed by atoms with Crippen molar-refractivity contribution >= 4 is 5.91 Å². The van der Waals surface area contributed by atoms with Gasteiger partial charge in [0.25, 0.3) is 5.56 Å². The molecule has 7 heteroatoms. The zero-order valence-electron chi connectivity index (χ0n) is 12.7. The van der Waals surface area contributed by atoms with Crippen molar-refractivity contribution in [3.63, 3.8) is 0 Å². The zero-order chi connectivity index (χ0) is 17.0. The molecule has 1 heterocycles. The minimum absolute atomic E-state index is 0.0597. The molecular weight excluding hydrogens is 298 g/mol. The van der Waals surface area contributed by atoms with Gasteiger partial charge < -0.3 is 15.2 Å². The van der Waals surface area contributed by atoms with E-state index in [0.717, 1.165) is 0 Å². The van der Waals surface area contributed by atoms with Crippen molar-refractivity contribution in [3.8, 4) is 28.8 Å². The van der Waals surface area contributed by atoms with E-state index in [1.807, 2.05) is 0 Å². The van der Waals surface area contributed by atoms with Crippen LogP contribution in [-0.2, 0) is 11.3 Å². The van der Waals surface area contributed by atoms with Gasteiger partial charge >= 0.3 is 0 Å². The Kier molecular flexibility index (Phi) is 4.66. The largest absolute Gasteiger partial charge is 0.493 e. The number of rotatable bonds is 5. The van der Waals surface area contributed by atoms with E-state index in [9.17, 15) is 9.59 Å². The maximum absolute atomic E-state index is 12.3. The number of ether oxygens (including phenoxy) is 2. The van der Waals surface area contributed by atoms with Gasteiger partial charge in [0, 0.05) is 5.56 Å². The molecule has 0 saturated heterocycles. The average molecular weight is 313 g/mol. The lowest BCUT2D eigenvalue weighted by atomic mass is 10.1. The molecule has 2 N–H and O–H groups in total. The number of aromatic nitrogens is 1. The Bertz CT molecular complexity index is 849. The fourth-order valence-corrected chi connectivity index (χ4v) is 2.22. The molecule has 0 aliphatic heterocycles. The van der Waals surface area contributed by atoms with Gasteiger partial charge in [-0.2, -0.15) is 5.26 Å². The van der Waals surface area contributed by atoms with Gasteiger partial charge in [-0.3, -0.25) is 14.2 Å². The van der Waals surface area contributed by atoms with E-state index in [2.05, 4.69) is 0 Å². The van der Waals surface area contributed by atoms with Crippen molar-refractivity contribution in [2.45, 2.75) is 6.54 Å². The summed E-state index contributed by atoms with van der Waals surface area (Å²) in [4.78, 5) is 23.5. The first-order chi connectivity index (χ1) is 11.0. The predicted octanol–water partition coefficient (Wildman–Crippen LogP) is 0.889. The third kappa shape index (κ3) is 3.16. The number of carbonyl (C=O) groups is 1. The van der Waals surface area contributed by atoms with Crippen LogP contribution in [0.15, 0.2) is 35.1 Å². The Morgan fingerprint density at radius 3 is 2.48 bits per heavy atom. The Balaban J connectivity index is 2.68. The van der Waals surface area contributed by atoms with Crippen LogP contribution in [0.2, 0.25) is 0 Å². The predicted molar refractivity (Wildman–Crippen MR) is 83.2 cm³/mol. The lowest BCUT2D eigenvalue weighted by molar-refractivity contribution is -0.118. The Morgan fingerprint density at radius 1 is 1.22 bits per heavy atom. The van der Waals surface area contributed by atoms with E-state index < -0.39 is 11.5 Å². The van der Waals surface area contributed by atoms with Crippen LogP contribution in [0.5, 0.6) is 11.5 Å². The van der Waals surface area contributed by atoms with Crippen LogP contribution in [0.3, 0.4) is 0 Å². The quantitative estimate of drug-likeness (QED) is 0.882. The smallest absolute Gasteiger partial charge is 0.269 e. The number of benzene rings is 1. The van der Waals surface area contributed by atoms with Gasteiger partial charge in [0.15, 0.2) is 11.5 Å². The first-order valence-corrected chi connectivity index (χ1v) is 6.66. The number of hydrogen-bond donors (Lipinski definition) is 1. The number of carbonyl (C=O) groups excluding carboxylic acids is 1. The highest BCUT2D eigenvalue weighted by Crippen LogP contribution is 2.31. The second-order valence-corrected chi connectivity index (χ2v) is 4.67. The van der Waals surface area contributed by atoms with Crippen LogP contribution in [0.25, 0.3) is 11.3 Å². The summed E-state index contributed by atoms with van der Waals surface area (Å²) >= 11 is 0. The number of methoxy groups -OCH3 is 2. The number of nitriles is 1. The van der Waals surface area contributed by atoms with Crippen molar-refractivity contribution in [2.24, 2.45) is 5.73 Å². The number of nitrogens with two attached hydrogens (primary N) is 1. The highest BCUT2D eigenvalue weighted by molar-refractivity contribution is 5.75. The number of hydrogen-bond acceptors (Lipinski definition) is 5. The summed E-state index contributed by atoms with van der Waals surface area (Å²) in [5.41, 5.74) is 5.66. The minimum atomic E-state index is -0.677. The molecule has 1 amide bonds. The van der Waals surface area contributed by atoms with Crippen molar-refractivity contribution in [1.29, 1.82) is 5.26 Å². The van der Waals surface area contributed by atoms with Crippen LogP contribution in [-0.4, -0.2) is 24.7 Å². The van der Waals surface area contributed by atoms with Gasteiger partial charge in [-0.05, 0) is 30.3 Å². The molecule has 0 fully saturated rings. The second-order valence-electron chi connectivity index (χ2n) is 4.67. The van der Waals surface area contributed by atoms with Gasteiger partial charge in [-0.25, -0.2) is 0 Å². The van der Waals surface area contributed by atoms with Gasteiger partial charge in [-0.15, -0.1) is 0 Å². The third-order valence-corrected chi connectivity index (χ3v) is 3.29. The molecule has 2 aromatic rings. The number of amides is 1. The molecule has 0 atom stereocenters. The van der Waals surface area contributed by atoms with Gasteiger partial charge in [-0.1, -0.05) is 0 Å². The van der Waals surface area contributed by atoms with E-state index in [0.29, 0.717) is 22.8 Å². The Hall–Kier alpha value is -3.27. The molecule has 0 aliphatic carbocycles. The monoisotopic (exact) mass is 313 g/mol. The number of nitrogens with zero attached hydrogens (tertiary/aromatic N) is 2. The lowest BCUT2D eigenvalue weighted by Gasteiger charge is -2.14. The highest BCUT2D eigenvalue weighted by Gasteiger charge is 2.14. The standard InChI is InChI=1S/C16H15N3O4/c1-22-13-6-4-10(7-14(13)23-2)12-5-3-11(8-17)16(21)19(12)9-15(18)20/h3-7H,9H2,1-2H3,(H2,18,20). The fourth-order valence-electron chi connectivity index (χ4n) is 2.22. The van der Waals surface area contributed by atoms with Crippen LogP contribution in [0.4, 0.5) is 0 Å². The molecule has 7 nitrogen and oxygen atoms in total. The summed E-state index contributed by atoms with van der Waals surface area (Å²) in [7, 11) is 3.01. The third-order valence-electron chi connectivity index (χ3n) is 3.29. The first-order valence-electron chi connectivity index (χ1n) is 6.66. The molecule has 0 bridgehead atoms. The van der Waals surface area contributed by atoms with Crippen molar-refractivity contribution < 1.29 is 14.3 Å². The topological polar surface area (TPSA) is 107 Å². The molecule has 1 aromatic heterocycles. The molecule has 0 unspecified atom stereocenters. The van der Waals surface area contributed by atoms with Gasteiger partial charge in [0.2, 0.25) is 5.91 Å². The van der Waals surface area contributed by atoms with Crippen molar-refractivity contribution in [2.75, 3.05) is 14.2 Å². The summed E-state index contributed by atoms with van der Waals surface area (Å²) in [6, 6.07) is 9.88. The minimum Gasteiger partial charge on any atom is -0.493 e. The van der Waals surface area contributed by atoms with Crippen LogP contribution >= 0.6 is 0 Å². The van der Waals surface area contributed by atoms with E-state index in [1.54, 1.807) is 30.3 Å². The highest BCUT2D eigenvalue weighted by atomic mass is 16.5. The molecule has 1 aromatic carbocycles. The van der Waals surface area contributed by atoms with Gasteiger partial charge in [0.05, 0.1) is 19.9 Å². The molecule has 0 aliphatic rings. The molecule has 0 spiro atoms. The van der Waals surface area contributed by atoms with E-state index in [1.165, 1.54) is 24.9 Å². The summed E-state index contributed by atoms with van der Waals surface area (Å²) in [6.45, 7) is -0.321. The summed E-state index contributed by atoms with van der Waals surface area (Å²) in [5, 5.41) is 8.97. The van der Waals surface area contributed by atoms with E-state index in [4.69, 9.17) is 20.5 Å². The SMILES string of the molecule is COc1ccc(-c2ccc(C#N)c(=O)n2CC(N)=O)cc1OC. The van der Waals surface area contributed by atoms with E-state index in [-0.39, 0.29) is 12.1 Å². The summed E-state index contributed by atoms with van der Waals surface area (Å²) in [5.74, 6) is 0.338. The second kappa shape index (κ2) is 6.66. The molecule has 0 radical (unpaired) electrons. The first kappa shape index (κ1) is 16.1. The number of pyridine rings is 1. The maximum Gasteiger partial charge on any atom is 0.269 e.